The van der Waals surface area contributed by atoms with Crippen LogP contribution >= 0.6 is 6.88 Å². The Morgan fingerprint density at radius 2 is 2.33 bits per heavy atom. The van der Waals surface area contributed by atoms with E-state index >= 15 is 0 Å². The zero-order valence-electron chi connectivity index (χ0n) is 3.52. The summed E-state index contributed by atoms with van der Waals surface area (Å²) in [6.07, 6.45) is 0.997. The molecule has 0 fully saturated rings. The molecule has 1 unspecified atom stereocenters. The molecule has 6 heavy (non-hydrogen) atoms. The van der Waals surface area contributed by atoms with Crippen LogP contribution in [0.25, 0.3) is 0 Å². The van der Waals surface area contributed by atoms with Gasteiger partial charge in [-0.15, -0.1) is 0 Å². The molecule has 0 spiro atoms. The van der Waals surface area contributed by atoms with Gasteiger partial charge in [0.15, 0.2) is 0 Å². The maximum atomic E-state index is 8.21. The van der Waals surface area contributed by atoms with Gasteiger partial charge in [0.1, 0.15) is 0 Å². The van der Waals surface area contributed by atoms with E-state index in [9.17, 15) is 0 Å². The molecule has 1 N–H and O–H groups in total. The number of hydrogen-bond acceptors (Lipinski definition) is 1. The van der Waals surface area contributed by atoms with E-state index in [1.54, 1.807) is 0 Å². The van der Waals surface area contributed by atoms with Crippen LogP contribution in [0.15, 0.2) is 0 Å². The summed E-state index contributed by atoms with van der Waals surface area (Å²) < 4.78 is 1.24. The normalized spacial score (nSPS) is 9.67. The SMILES string of the molecule is OCCC[I-]P. The third-order valence-corrected chi connectivity index (χ3v) is 3.25. The fourth-order valence-electron chi connectivity index (χ4n) is 0.137. The molecule has 0 aromatic carbocycles. The fraction of sp³-hybridized carbons (Fsp3) is 1.00. The van der Waals surface area contributed by atoms with E-state index < -0.39 is 0 Å². The van der Waals surface area contributed by atoms with Crippen molar-refractivity contribution in [3.05, 3.63) is 0 Å². The summed E-state index contributed by atoms with van der Waals surface area (Å²) in [5.74, 6) is 0. The number of alkyl halides is 1. The van der Waals surface area contributed by atoms with Gasteiger partial charge in [0.05, 0.1) is 0 Å². The minimum atomic E-state index is 0.358. The first-order chi connectivity index (χ1) is 2.91. The Hall–Kier alpha value is 1.12. The summed E-state index contributed by atoms with van der Waals surface area (Å²) >= 11 is 0.358. The van der Waals surface area contributed by atoms with Crippen LogP contribution in [0.3, 0.4) is 0 Å². The molecule has 0 amide bonds. The molecule has 0 aromatic heterocycles. The summed E-state index contributed by atoms with van der Waals surface area (Å²) in [6, 6.07) is 0. The summed E-state index contributed by atoms with van der Waals surface area (Å²) in [5.41, 5.74) is 0. The topological polar surface area (TPSA) is 20.2 Å². The molecule has 0 aliphatic carbocycles. The molecule has 0 heterocycles. The fourth-order valence-corrected chi connectivity index (χ4v) is 1.95. The van der Waals surface area contributed by atoms with Gasteiger partial charge in [0, 0.05) is 0 Å². The molecular formula is C3H9IOP-. The van der Waals surface area contributed by atoms with Gasteiger partial charge in [-0.2, -0.15) is 0 Å². The van der Waals surface area contributed by atoms with Crippen LogP contribution in [0.5, 0.6) is 0 Å². The third-order valence-electron chi connectivity index (χ3n) is 0.401. The molecule has 0 rings (SSSR count). The average molecular weight is 219 g/mol. The molecule has 0 aliphatic rings. The number of rotatable bonds is 3. The van der Waals surface area contributed by atoms with Crippen molar-refractivity contribution in [2.45, 2.75) is 6.42 Å². The van der Waals surface area contributed by atoms with Gasteiger partial charge in [-0.05, 0) is 0 Å². The molecule has 40 valence electrons. The molecular weight excluding hydrogens is 210 g/mol. The van der Waals surface area contributed by atoms with E-state index in [1.165, 1.54) is 4.43 Å². The summed E-state index contributed by atoms with van der Waals surface area (Å²) in [7, 11) is 0. The molecule has 0 aromatic rings. The van der Waals surface area contributed by atoms with Crippen LogP contribution in [0, 0.1) is 0 Å². The van der Waals surface area contributed by atoms with Crippen molar-refractivity contribution >= 4 is 6.88 Å². The second-order valence-electron chi connectivity index (χ2n) is 0.920. The van der Waals surface area contributed by atoms with Crippen LogP contribution in [-0.2, 0) is 0 Å². The van der Waals surface area contributed by atoms with Crippen molar-refractivity contribution < 1.29 is 25.8 Å². The van der Waals surface area contributed by atoms with Crippen LogP contribution in [0.2, 0.25) is 0 Å². The Morgan fingerprint density at radius 1 is 1.67 bits per heavy atom. The Labute approximate surface area is 50.3 Å². The Kier molecular flexibility index (Phi) is 7.26. The second-order valence-corrected chi connectivity index (χ2v) is 4.95. The third kappa shape index (κ3) is 5.12. The van der Waals surface area contributed by atoms with E-state index in [1.807, 2.05) is 0 Å². The van der Waals surface area contributed by atoms with Crippen molar-refractivity contribution in [1.82, 2.24) is 0 Å². The van der Waals surface area contributed by atoms with Crippen LogP contribution in [0.4, 0.5) is 0 Å². The van der Waals surface area contributed by atoms with Gasteiger partial charge < -0.3 is 0 Å². The molecule has 0 radical (unpaired) electrons. The van der Waals surface area contributed by atoms with Crippen molar-refractivity contribution in [1.29, 1.82) is 0 Å². The van der Waals surface area contributed by atoms with Crippen molar-refractivity contribution in [2.24, 2.45) is 0 Å². The van der Waals surface area contributed by atoms with E-state index in [4.69, 9.17) is 5.11 Å². The summed E-state index contributed by atoms with van der Waals surface area (Å²) in [5, 5.41) is 8.21. The van der Waals surface area contributed by atoms with E-state index in [-0.39, 0.29) is 0 Å². The van der Waals surface area contributed by atoms with E-state index in [0.29, 0.717) is 27.3 Å². The Morgan fingerprint density at radius 3 is 2.50 bits per heavy atom. The van der Waals surface area contributed by atoms with Gasteiger partial charge >= 0.3 is 50.1 Å². The van der Waals surface area contributed by atoms with Crippen LogP contribution in [0.1, 0.15) is 6.42 Å². The molecule has 0 saturated heterocycles. The van der Waals surface area contributed by atoms with Crippen molar-refractivity contribution in [3.8, 4) is 0 Å². The van der Waals surface area contributed by atoms with Gasteiger partial charge in [-0.3, -0.25) is 0 Å². The quantitative estimate of drug-likeness (QED) is 0.236. The number of hydrogen-bond donors (Lipinski definition) is 1. The van der Waals surface area contributed by atoms with Gasteiger partial charge in [-0.1, -0.05) is 0 Å². The van der Waals surface area contributed by atoms with Gasteiger partial charge in [0.2, 0.25) is 0 Å². The number of aliphatic hydroxyl groups excluding tert-OH is 1. The standard InChI is InChI=1S/C3H9IOP/c5-3-1-2-4-6/h5H,1-3,6H2/q-1. The second kappa shape index (κ2) is 6.12. The molecule has 3 heteroatoms. The first-order valence-corrected chi connectivity index (χ1v) is 7.50. The first kappa shape index (κ1) is 7.12. The zero-order chi connectivity index (χ0) is 4.83. The summed E-state index contributed by atoms with van der Waals surface area (Å²) in [6.45, 7) is 3.10. The van der Waals surface area contributed by atoms with Gasteiger partial charge in [0.25, 0.3) is 0 Å². The van der Waals surface area contributed by atoms with Gasteiger partial charge in [-0.25, -0.2) is 0 Å². The van der Waals surface area contributed by atoms with E-state index in [2.05, 4.69) is 6.88 Å². The Balaban J connectivity index is 2.34. The monoisotopic (exact) mass is 219 g/mol. The minimum absolute atomic E-state index is 0.358. The number of halogens is 1. The zero-order valence-corrected chi connectivity index (χ0v) is 6.84. The average Bonchev–Trinajstić information content (AvgIpc) is 1.61. The molecule has 1 atom stereocenters. The summed E-state index contributed by atoms with van der Waals surface area (Å²) in [4.78, 5) is 0. The Bertz CT molecular complexity index is 22.8. The predicted molar refractivity (Wildman–Crippen MR) is 26.3 cm³/mol. The predicted octanol–water partition coefficient (Wildman–Crippen LogP) is -2.75. The number of aliphatic hydroxyl groups is 1. The van der Waals surface area contributed by atoms with Crippen molar-refractivity contribution in [2.75, 3.05) is 11.0 Å². The molecule has 0 aliphatic heterocycles. The molecule has 1 nitrogen and oxygen atoms in total. The maximum absolute atomic E-state index is 8.21. The molecule has 0 saturated carbocycles. The van der Waals surface area contributed by atoms with Crippen LogP contribution in [-0.4, -0.2) is 16.1 Å². The van der Waals surface area contributed by atoms with Crippen LogP contribution < -0.4 is 20.7 Å². The van der Waals surface area contributed by atoms with E-state index in [0.717, 1.165) is 6.42 Å². The molecule has 0 bridgehead atoms. The first-order valence-electron chi connectivity index (χ1n) is 1.80. The van der Waals surface area contributed by atoms with Crippen molar-refractivity contribution in [3.63, 3.8) is 0 Å².